The molecule has 140 valence electrons. The fourth-order valence-corrected chi connectivity index (χ4v) is 3.79. The highest BCUT2D eigenvalue weighted by Gasteiger charge is 2.20. The molecule has 0 bridgehead atoms. The normalized spacial score (nSPS) is 14.3. The zero-order chi connectivity index (χ0) is 18.8. The highest BCUT2D eigenvalue weighted by molar-refractivity contribution is 9.10. The van der Waals surface area contributed by atoms with Gasteiger partial charge in [0, 0.05) is 42.5 Å². The number of ether oxygens (including phenoxy) is 1. The molecule has 0 aliphatic carbocycles. The third-order valence-corrected chi connectivity index (χ3v) is 5.28. The van der Waals surface area contributed by atoms with Crippen molar-refractivity contribution in [2.75, 3.05) is 32.1 Å². The van der Waals surface area contributed by atoms with Crippen LogP contribution in [0.4, 0.5) is 5.69 Å². The lowest BCUT2D eigenvalue weighted by atomic mass is 10.2. The number of fused-ring (bicyclic) bond motifs is 3. The van der Waals surface area contributed by atoms with Gasteiger partial charge in [-0.05, 0) is 36.4 Å². The lowest BCUT2D eigenvalue weighted by Crippen LogP contribution is -2.35. The fraction of sp³-hybridized carbons (Fsp3) is 0.300. The second-order valence-electron chi connectivity index (χ2n) is 6.62. The highest BCUT2D eigenvalue weighted by atomic mass is 79.9. The molecular weight excluding hydrogens is 408 g/mol. The zero-order valence-corrected chi connectivity index (χ0v) is 16.7. The van der Waals surface area contributed by atoms with Crippen LogP contribution in [0.2, 0.25) is 0 Å². The van der Waals surface area contributed by atoms with Gasteiger partial charge in [-0.1, -0.05) is 22.0 Å². The Hall–Kier alpha value is -2.22. The molecule has 7 heteroatoms. The lowest BCUT2D eigenvalue weighted by molar-refractivity contribution is 0.102. The molecule has 27 heavy (non-hydrogen) atoms. The Morgan fingerprint density at radius 1 is 1.26 bits per heavy atom. The molecular formula is C20H21BrN4O2. The molecule has 0 atom stereocenters. The van der Waals surface area contributed by atoms with Gasteiger partial charge in [0.25, 0.3) is 5.91 Å². The zero-order valence-electron chi connectivity index (χ0n) is 15.1. The SMILES string of the molecule is COCCN1CCn2c(nc3cc(NC(=O)c4cccc(Br)c4)ccc32)C1. The Bertz CT molecular complexity index is 985. The molecule has 0 fully saturated rings. The smallest absolute Gasteiger partial charge is 0.255 e. The molecule has 0 saturated heterocycles. The van der Waals surface area contributed by atoms with Crippen molar-refractivity contribution >= 4 is 38.6 Å². The second kappa shape index (κ2) is 7.80. The van der Waals surface area contributed by atoms with E-state index in [1.165, 1.54) is 0 Å². The summed E-state index contributed by atoms with van der Waals surface area (Å²) < 4.78 is 8.32. The number of carbonyl (C=O) groups is 1. The lowest BCUT2D eigenvalue weighted by Gasteiger charge is -2.27. The van der Waals surface area contributed by atoms with Crippen molar-refractivity contribution in [1.82, 2.24) is 14.5 Å². The number of hydrogen-bond acceptors (Lipinski definition) is 4. The maximum Gasteiger partial charge on any atom is 0.255 e. The summed E-state index contributed by atoms with van der Waals surface area (Å²) in [4.78, 5) is 19.6. The molecule has 1 amide bonds. The maximum atomic E-state index is 12.5. The van der Waals surface area contributed by atoms with Crippen LogP contribution in [0.3, 0.4) is 0 Å². The first-order valence-electron chi connectivity index (χ1n) is 8.91. The Morgan fingerprint density at radius 2 is 2.15 bits per heavy atom. The number of carbonyl (C=O) groups excluding carboxylic acids is 1. The van der Waals surface area contributed by atoms with Crippen molar-refractivity contribution in [1.29, 1.82) is 0 Å². The van der Waals surface area contributed by atoms with E-state index in [4.69, 9.17) is 9.72 Å². The number of methoxy groups -OCH3 is 1. The van der Waals surface area contributed by atoms with Crippen LogP contribution in [-0.4, -0.2) is 47.2 Å². The molecule has 1 N–H and O–H groups in total. The number of amides is 1. The minimum atomic E-state index is -0.134. The Labute approximate surface area is 166 Å². The summed E-state index contributed by atoms with van der Waals surface area (Å²) in [5, 5.41) is 2.96. The van der Waals surface area contributed by atoms with Gasteiger partial charge in [0.05, 0.1) is 24.2 Å². The number of anilines is 1. The van der Waals surface area contributed by atoms with Crippen LogP contribution in [0.1, 0.15) is 16.2 Å². The van der Waals surface area contributed by atoms with Gasteiger partial charge in [0.15, 0.2) is 0 Å². The van der Waals surface area contributed by atoms with E-state index in [9.17, 15) is 4.79 Å². The van der Waals surface area contributed by atoms with Gasteiger partial charge in [-0.15, -0.1) is 0 Å². The highest BCUT2D eigenvalue weighted by Crippen LogP contribution is 2.24. The topological polar surface area (TPSA) is 59.4 Å². The number of hydrogen-bond donors (Lipinski definition) is 1. The molecule has 6 nitrogen and oxygen atoms in total. The van der Waals surface area contributed by atoms with E-state index < -0.39 is 0 Å². The molecule has 2 heterocycles. The average molecular weight is 429 g/mol. The van der Waals surface area contributed by atoms with Crippen LogP contribution < -0.4 is 5.32 Å². The molecule has 1 aromatic heterocycles. The standard InChI is InChI=1S/C20H21BrN4O2/c1-27-10-9-24-7-8-25-18-6-5-16(12-17(18)23-19(25)13-24)22-20(26)14-3-2-4-15(21)11-14/h2-6,11-12H,7-10,13H2,1H3,(H,22,26). The molecule has 4 rings (SSSR count). The van der Waals surface area contributed by atoms with Gasteiger partial charge in [-0.2, -0.15) is 0 Å². The fourth-order valence-electron chi connectivity index (χ4n) is 3.39. The van der Waals surface area contributed by atoms with Crippen LogP contribution in [0.15, 0.2) is 46.9 Å². The minimum Gasteiger partial charge on any atom is -0.383 e. The summed E-state index contributed by atoms with van der Waals surface area (Å²) in [6.07, 6.45) is 0. The predicted molar refractivity (Wildman–Crippen MR) is 109 cm³/mol. The quantitative estimate of drug-likeness (QED) is 0.675. The third-order valence-electron chi connectivity index (χ3n) is 4.79. The first-order valence-corrected chi connectivity index (χ1v) is 9.71. The molecule has 1 aliphatic heterocycles. The van der Waals surface area contributed by atoms with E-state index in [1.807, 2.05) is 30.3 Å². The summed E-state index contributed by atoms with van der Waals surface area (Å²) in [5.74, 6) is 0.924. The summed E-state index contributed by atoms with van der Waals surface area (Å²) in [5.41, 5.74) is 3.38. The molecule has 0 unspecified atom stereocenters. The molecule has 0 saturated carbocycles. The van der Waals surface area contributed by atoms with E-state index in [0.29, 0.717) is 5.56 Å². The van der Waals surface area contributed by atoms with Crippen LogP contribution in [0.25, 0.3) is 11.0 Å². The van der Waals surface area contributed by atoms with Crippen LogP contribution in [-0.2, 0) is 17.8 Å². The number of benzene rings is 2. The van der Waals surface area contributed by atoms with Gasteiger partial charge < -0.3 is 14.6 Å². The molecule has 2 aromatic carbocycles. The Kier molecular flexibility index (Phi) is 5.24. The third kappa shape index (κ3) is 3.90. The summed E-state index contributed by atoms with van der Waals surface area (Å²) in [6.45, 7) is 4.36. The molecule has 0 radical (unpaired) electrons. The van der Waals surface area contributed by atoms with E-state index in [-0.39, 0.29) is 5.91 Å². The molecule has 1 aliphatic rings. The van der Waals surface area contributed by atoms with Gasteiger partial charge in [-0.3, -0.25) is 9.69 Å². The van der Waals surface area contributed by atoms with Crippen LogP contribution >= 0.6 is 15.9 Å². The number of nitrogens with zero attached hydrogens (tertiary/aromatic N) is 3. The van der Waals surface area contributed by atoms with Crippen molar-refractivity contribution in [3.05, 3.63) is 58.3 Å². The van der Waals surface area contributed by atoms with Gasteiger partial charge >= 0.3 is 0 Å². The number of aromatic nitrogens is 2. The van der Waals surface area contributed by atoms with Crippen LogP contribution in [0.5, 0.6) is 0 Å². The summed E-state index contributed by atoms with van der Waals surface area (Å²) in [7, 11) is 1.73. The van der Waals surface area contributed by atoms with E-state index in [0.717, 1.165) is 59.8 Å². The van der Waals surface area contributed by atoms with E-state index >= 15 is 0 Å². The Balaban J connectivity index is 1.54. The number of nitrogens with one attached hydrogen (secondary N) is 1. The van der Waals surface area contributed by atoms with Crippen LogP contribution in [0, 0.1) is 0 Å². The monoisotopic (exact) mass is 428 g/mol. The van der Waals surface area contributed by atoms with Crippen molar-refractivity contribution < 1.29 is 9.53 Å². The van der Waals surface area contributed by atoms with Gasteiger partial charge in [0.1, 0.15) is 5.82 Å². The van der Waals surface area contributed by atoms with Crippen molar-refractivity contribution in [3.8, 4) is 0 Å². The van der Waals surface area contributed by atoms with E-state index in [2.05, 4.69) is 30.7 Å². The molecule has 0 spiro atoms. The van der Waals surface area contributed by atoms with Gasteiger partial charge in [-0.25, -0.2) is 4.98 Å². The minimum absolute atomic E-state index is 0.134. The van der Waals surface area contributed by atoms with Crippen molar-refractivity contribution in [3.63, 3.8) is 0 Å². The van der Waals surface area contributed by atoms with Crippen molar-refractivity contribution in [2.45, 2.75) is 13.1 Å². The van der Waals surface area contributed by atoms with Gasteiger partial charge in [0.2, 0.25) is 0 Å². The first-order chi connectivity index (χ1) is 13.1. The Morgan fingerprint density at radius 3 is 2.96 bits per heavy atom. The number of rotatable bonds is 5. The largest absolute Gasteiger partial charge is 0.383 e. The number of halogens is 1. The van der Waals surface area contributed by atoms with E-state index in [1.54, 1.807) is 19.2 Å². The average Bonchev–Trinajstić information content (AvgIpc) is 3.03. The predicted octanol–water partition coefficient (Wildman–Crippen LogP) is 3.51. The maximum absolute atomic E-state index is 12.5. The first kappa shape index (κ1) is 18.2. The van der Waals surface area contributed by atoms with Crippen molar-refractivity contribution in [2.24, 2.45) is 0 Å². The molecule has 3 aromatic rings. The number of imidazole rings is 1. The summed E-state index contributed by atoms with van der Waals surface area (Å²) >= 11 is 3.40. The summed E-state index contributed by atoms with van der Waals surface area (Å²) in [6, 6.07) is 13.3. The second-order valence-corrected chi connectivity index (χ2v) is 7.53.